The zero-order chi connectivity index (χ0) is 13.0. The highest BCUT2D eigenvalue weighted by atomic mass is 16.2. The summed E-state index contributed by atoms with van der Waals surface area (Å²) in [4.78, 5) is 23.2. The molecule has 98 valence electrons. The standard InChI is InChI=1S/C13H19N3O2/c1-16-7-4-11(8-12(16)17)13(18)15-6-3-10-2-5-14-9-10/h4,7-8,10,14H,2-3,5-6,9H2,1H3,(H,15,18). The summed E-state index contributed by atoms with van der Waals surface area (Å²) in [5.74, 6) is 0.493. The van der Waals surface area contributed by atoms with Crippen LogP contribution in [0.4, 0.5) is 0 Å². The first-order valence-corrected chi connectivity index (χ1v) is 6.32. The molecule has 1 amide bonds. The van der Waals surface area contributed by atoms with Gasteiger partial charge in [-0.2, -0.15) is 0 Å². The SMILES string of the molecule is Cn1ccc(C(=O)NCCC2CCNC2)cc1=O. The van der Waals surface area contributed by atoms with Crippen molar-refractivity contribution in [2.45, 2.75) is 12.8 Å². The van der Waals surface area contributed by atoms with Crippen molar-refractivity contribution in [3.63, 3.8) is 0 Å². The Morgan fingerprint density at radius 3 is 3.11 bits per heavy atom. The van der Waals surface area contributed by atoms with Gasteiger partial charge in [0.25, 0.3) is 11.5 Å². The molecule has 1 aliphatic heterocycles. The predicted molar refractivity (Wildman–Crippen MR) is 69.6 cm³/mol. The van der Waals surface area contributed by atoms with Gasteiger partial charge in [-0.3, -0.25) is 9.59 Å². The second-order valence-electron chi connectivity index (χ2n) is 4.77. The van der Waals surface area contributed by atoms with Crippen molar-refractivity contribution in [3.8, 4) is 0 Å². The molecule has 1 fully saturated rings. The normalized spacial score (nSPS) is 18.8. The van der Waals surface area contributed by atoms with E-state index in [9.17, 15) is 9.59 Å². The largest absolute Gasteiger partial charge is 0.352 e. The number of hydrogen-bond donors (Lipinski definition) is 2. The van der Waals surface area contributed by atoms with Crippen LogP contribution in [0.3, 0.4) is 0 Å². The first-order valence-electron chi connectivity index (χ1n) is 6.32. The molecule has 0 bridgehead atoms. The number of amides is 1. The van der Waals surface area contributed by atoms with Gasteiger partial charge < -0.3 is 15.2 Å². The van der Waals surface area contributed by atoms with Crippen LogP contribution in [-0.2, 0) is 7.05 Å². The molecule has 0 aliphatic carbocycles. The number of pyridine rings is 1. The molecular formula is C13H19N3O2. The average molecular weight is 249 g/mol. The van der Waals surface area contributed by atoms with Crippen molar-refractivity contribution in [1.29, 1.82) is 0 Å². The van der Waals surface area contributed by atoms with Crippen LogP contribution in [0.25, 0.3) is 0 Å². The van der Waals surface area contributed by atoms with Crippen molar-refractivity contribution >= 4 is 5.91 Å². The summed E-state index contributed by atoms with van der Waals surface area (Å²) >= 11 is 0. The molecule has 2 N–H and O–H groups in total. The quantitative estimate of drug-likeness (QED) is 0.796. The maximum absolute atomic E-state index is 11.8. The van der Waals surface area contributed by atoms with E-state index in [1.165, 1.54) is 17.1 Å². The molecule has 1 aliphatic rings. The number of hydrogen-bond acceptors (Lipinski definition) is 3. The highest BCUT2D eigenvalue weighted by Gasteiger charge is 2.14. The number of aromatic nitrogens is 1. The molecule has 0 radical (unpaired) electrons. The molecule has 1 unspecified atom stereocenters. The van der Waals surface area contributed by atoms with E-state index in [1.54, 1.807) is 19.3 Å². The third-order valence-corrected chi connectivity index (χ3v) is 3.37. The molecule has 2 heterocycles. The Morgan fingerprint density at radius 1 is 1.61 bits per heavy atom. The predicted octanol–water partition coefficient (Wildman–Crippen LogP) is 0.115. The van der Waals surface area contributed by atoms with Crippen LogP contribution in [0, 0.1) is 5.92 Å². The molecule has 5 heteroatoms. The minimum Gasteiger partial charge on any atom is -0.352 e. The first-order chi connectivity index (χ1) is 8.66. The lowest BCUT2D eigenvalue weighted by Crippen LogP contribution is -2.28. The van der Waals surface area contributed by atoms with Gasteiger partial charge >= 0.3 is 0 Å². The monoisotopic (exact) mass is 249 g/mol. The number of nitrogens with zero attached hydrogens (tertiary/aromatic N) is 1. The Hall–Kier alpha value is -1.62. The zero-order valence-electron chi connectivity index (χ0n) is 10.6. The second kappa shape index (κ2) is 5.82. The van der Waals surface area contributed by atoms with Crippen LogP contribution in [-0.4, -0.2) is 30.1 Å². The van der Waals surface area contributed by atoms with E-state index in [-0.39, 0.29) is 11.5 Å². The summed E-state index contributed by atoms with van der Waals surface area (Å²) in [6, 6.07) is 3.03. The highest BCUT2D eigenvalue weighted by molar-refractivity contribution is 5.93. The van der Waals surface area contributed by atoms with Crippen LogP contribution in [0.2, 0.25) is 0 Å². The Bertz CT molecular complexity index is 475. The van der Waals surface area contributed by atoms with Crippen LogP contribution in [0.15, 0.2) is 23.1 Å². The number of aryl methyl sites for hydroxylation is 1. The van der Waals surface area contributed by atoms with Crippen LogP contribution < -0.4 is 16.2 Å². The fourth-order valence-electron chi connectivity index (χ4n) is 2.14. The topological polar surface area (TPSA) is 63.1 Å². The van der Waals surface area contributed by atoms with E-state index in [0.717, 1.165) is 19.5 Å². The van der Waals surface area contributed by atoms with Gasteiger partial charge in [-0.05, 0) is 37.9 Å². The molecule has 5 nitrogen and oxygen atoms in total. The smallest absolute Gasteiger partial charge is 0.251 e. The molecule has 0 spiro atoms. The number of rotatable bonds is 4. The summed E-state index contributed by atoms with van der Waals surface area (Å²) < 4.78 is 1.45. The Kier molecular flexibility index (Phi) is 4.15. The Balaban J connectivity index is 1.83. The third kappa shape index (κ3) is 3.20. The van der Waals surface area contributed by atoms with Gasteiger partial charge in [0.1, 0.15) is 0 Å². The van der Waals surface area contributed by atoms with Gasteiger partial charge in [0, 0.05) is 31.4 Å². The summed E-state index contributed by atoms with van der Waals surface area (Å²) in [5.41, 5.74) is 0.269. The molecule has 2 rings (SSSR count). The van der Waals surface area contributed by atoms with E-state index in [4.69, 9.17) is 0 Å². The van der Waals surface area contributed by atoms with Gasteiger partial charge in [0.15, 0.2) is 0 Å². The minimum absolute atomic E-state index is 0.164. The van der Waals surface area contributed by atoms with Crippen LogP contribution in [0.5, 0.6) is 0 Å². The molecule has 0 saturated carbocycles. The van der Waals surface area contributed by atoms with Crippen molar-refractivity contribution in [2.24, 2.45) is 13.0 Å². The molecular weight excluding hydrogens is 230 g/mol. The van der Waals surface area contributed by atoms with Gasteiger partial charge in [0.05, 0.1) is 0 Å². The lowest BCUT2D eigenvalue weighted by molar-refractivity contribution is 0.0951. The van der Waals surface area contributed by atoms with E-state index < -0.39 is 0 Å². The molecule has 1 aromatic heterocycles. The number of carbonyl (C=O) groups is 1. The van der Waals surface area contributed by atoms with Crippen molar-refractivity contribution in [3.05, 3.63) is 34.2 Å². The summed E-state index contributed by atoms with van der Waals surface area (Å²) in [7, 11) is 1.66. The van der Waals surface area contributed by atoms with Crippen molar-refractivity contribution in [2.75, 3.05) is 19.6 Å². The van der Waals surface area contributed by atoms with Crippen molar-refractivity contribution in [1.82, 2.24) is 15.2 Å². The van der Waals surface area contributed by atoms with Gasteiger partial charge in [0.2, 0.25) is 0 Å². The first kappa shape index (κ1) is 12.8. The van der Waals surface area contributed by atoms with Gasteiger partial charge in [-0.1, -0.05) is 0 Å². The lowest BCUT2D eigenvalue weighted by atomic mass is 10.1. The van der Waals surface area contributed by atoms with E-state index in [1.807, 2.05) is 0 Å². The van der Waals surface area contributed by atoms with Gasteiger partial charge in [-0.25, -0.2) is 0 Å². The number of carbonyl (C=O) groups excluding carboxylic acids is 1. The fourth-order valence-corrected chi connectivity index (χ4v) is 2.14. The minimum atomic E-state index is -0.168. The number of nitrogens with one attached hydrogen (secondary N) is 2. The van der Waals surface area contributed by atoms with E-state index >= 15 is 0 Å². The van der Waals surface area contributed by atoms with Crippen molar-refractivity contribution < 1.29 is 4.79 Å². The molecule has 0 aromatic carbocycles. The van der Waals surface area contributed by atoms with Crippen LogP contribution >= 0.6 is 0 Å². The Morgan fingerprint density at radius 2 is 2.44 bits per heavy atom. The molecule has 1 aromatic rings. The summed E-state index contributed by atoms with van der Waals surface area (Å²) in [5, 5.41) is 6.16. The average Bonchev–Trinajstić information content (AvgIpc) is 2.85. The zero-order valence-corrected chi connectivity index (χ0v) is 10.6. The summed E-state index contributed by atoms with van der Waals surface area (Å²) in [6.07, 6.45) is 3.78. The molecule has 18 heavy (non-hydrogen) atoms. The summed E-state index contributed by atoms with van der Waals surface area (Å²) in [6.45, 7) is 2.79. The van der Waals surface area contributed by atoms with Gasteiger partial charge in [-0.15, -0.1) is 0 Å². The van der Waals surface area contributed by atoms with E-state index in [0.29, 0.717) is 18.0 Å². The Labute approximate surface area is 106 Å². The lowest BCUT2D eigenvalue weighted by Gasteiger charge is -2.09. The molecule has 1 saturated heterocycles. The molecule has 1 atom stereocenters. The third-order valence-electron chi connectivity index (χ3n) is 3.37. The maximum atomic E-state index is 11.8. The van der Waals surface area contributed by atoms with Crippen LogP contribution in [0.1, 0.15) is 23.2 Å². The second-order valence-corrected chi connectivity index (χ2v) is 4.77. The van der Waals surface area contributed by atoms with E-state index in [2.05, 4.69) is 10.6 Å². The maximum Gasteiger partial charge on any atom is 0.251 e. The fraction of sp³-hybridized carbons (Fsp3) is 0.538. The highest BCUT2D eigenvalue weighted by Crippen LogP contribution is 2.10.